The fraction of sp³-hybridized carbons (Fsp3) is 0.350. The zero-order chi connectivity index (χ0) is 17.0. The van der Waals surface area contributed by atoms with Gasteiger partial charge in [0.25, 0.3) is 0 Å². The Morgan fingerprint density at radius 3 is 1.75 bits per heavy atom. The normalized spacial score (nSPS) is 10.8. The minimum absolute atomic E-state index is 0.0487. The maximum atomic E-state index is 12.2. The van der Waals surface area contributed by atoms with Gasteiger partial charge in [-0.25, -0.2) is 0 Å². The van der Waals surface area contributed by atoms with Gasteiger partial charge in [-0.15, -0.1) is 0 Å². The van der Waals surface area contributed by atoms with E-state index in [0.717, 1.165) is 23.0 Å². The fourth-order valence-electron chi connectivity index (χ4n) is 2.23. The zero-order valence-corrected chi connectivity index (χ0v) is 15.7. The molecule has 0 aliphatic carbocycles. The van der Waals surface area contributed by atoms with Crippen LogP contribution in [0.4, 0.5) is 0 Å². The van der Waals surface area contributed by atoms with Crippen molar-refractivity contribution in [1.82, 2.24) is 0 Å². The van der Waals surface area contributed by atoms with Gasteiger partial charge in [0, 0.05) is 23.0 Å². The van der Waals surface area contributed by atoms with Crippen molar-refractivity contribution < 1.29 is 9.53 Å². The summed E-state index contributed by atoms with van der Waals surface area (Å²) in [5.74, 6) is 3.34. The standard InChI is InChI=1S/C20H24O2S2/c1-2-22-20(21)19(15-23-13-17-9-5-3-6-10-17)16-24-14-18-11-7-4-8-12-18/h3-12,19H,2,13-16H2,1H3. The van der Waals surface area contributed by atoms with Gasteiger partial charge in [0.05, 0.1) is 12.5 Å². The molecule has 0 saturated heterocycles. The third-order valence-electron chi connectivity index (χ3n) is 3.48. The van der Waals surface area contributed by atoms with E-state index in [1.54, 1.807) is 23.5 Å². The van der Waals surface area contributed by atoms with Crippen molar-refractivity contribution in [1.29, 1.82) is 0 Å². The summed E-state index contributed by atoms with van der Waals surface area (Å²) in [4.78, 5) is 12.2. The topological polar surface area (TPSA) is 26.3 Å². The Bertz CT molecular complexity index is 542. The summed E-state index contributed by atoms with van der Waals surface area (Å²) in [6, 6.07) is 20.7. The number of benzene rings is 2. The summed E-state index contributed by atoms with van der Waals surface area (Å²) in [7, 11) is 0. The summed E-state index contributed by atoms with van der Waals surface area (Å²) in [6.45, 7) is 2.31. The minimum Gasteiger partial charge on any atom is -0.466 e. The average Bonchev–Trinajstić information content (AvgIpc) is 2.62. The summed E-state index contributed by atoms with van der Waals surface area (Å²) in [5.41, 5.74) is 2.59. The molecule has 0 unspecified atom stereocenters. The van der Waals surface area contributed by atoms with Crippen LogP contribution in [0, 0.1) is 5.92 Å². The van der Waals surface area contributed by atoms with Gasteiger partial charge in [-0.2, -0.15) is 23.5 Å². The molecule has 2 aromatic carbocycles. The summed E-state index contributed by atoms with van der Waals surface area (Å²) < 4.78 is 5.24. The Morgan fingerprint density at radius 2 is 1.33 bits per heavy atom. The van der Waals surface area contributed by atoms with Crippen LogP contribution in [0.2, 0.25) is 0 Å². The van der Waals surface area contributed by atoms with Crippen LogP contribution < -0.4 is 0 Å². The predicted molar refractivity (Wildman–Crippen MR) is 105 cm³/mol. The lowest BCUT2D eigenvalue weighted by atomic mass is 10.2. The lowest BCUT2D eigenvalue weighted by Gasteiger charge is -2.15. The molecule has 2 rings (SSSR count). The van der Waals surface area contributed by atoms with Crippen LogP contribution in [-0.4, -0.2) is 24.1 Å². The van der Waals surface area contributed by atoms with E-state index in [-0.39, 0.29) is 11.9 Å². The molecule has 2 nitrogen and oxygen atoms in total. The van der Waals surface area contributed by atoms with Crippen molar-refractivity contribution in [3.8, 4) is 0 Å². The second-order valence-electron chi connectivity index (χ2n) is 5.45. The van der Waals surface area contributed by atoms with Crippen LogP contribution in [0.1, 0.15) is 18.1 Å². The molecule has 0 aromatic heterocycles. The first kappa shape index (κ1) is 18.9. The van der Waals surface area contributed by atoms with Gasteiger partial charge in [-0.05, 0) is 18.1 Å². The zero-order valence-electron chi connectivity index (χ0n) is 14.0. The second-order valence-corrected chi connectivity index (χ2v) is 7.51. The summed E-state index contributed by atoms with van der Waals surface area (Å²) in [5, 5.41) is 0. The van der Waals surface area contributed by atoms with Crippen molar-refractivity contribution in [3.05, 3.63) is 71.8 Å². The summed E-state index contributed by atoms with van der Waals surface area (Å²) >= 11 is 3.60. The van der Waals surface area contributed by atoms with Crippen molar-refractivity contribution in [3.63, 3.8) is 0 Å². The van der Waals surface area contributed by atoms with E-state index in [1.807, 2.05) is 19.1 Å². The molecule has 0 fully saturated rings. The molecule has 0 heterocycles. The van der Waals surface area contributed by atoms with Crippen molar-refractivity contribution in [2.75, 3.05) is 18.1 Å². The third-order valence-corrected chi connectivity index (χ3v) is 5.83. The molecule has 0 saturated carbocycles. The Labute approximate surface area is 153 Å². The van der Waals surface area contributed by atoms with Gasteiger partial charge < -0.3 is 4.74 Å². The quantitative estimate of drug-likeness (QED) is 0.555. The molecule has 0 aliphatic rings. The molecule has 0 spiro atoms. The number of ether oxygens (including phenoxy) is 1. The Hall–Kier alpha value is -1.39. The highest BCUT2D eigenvalue weighted by atomic mass is 32.2. The maximum Gasteiger partial charge on any atom is 0.310 e. The van der Waals surface area contributed by atoms with Gasteiger partial charge in [-0.1, -0.05) is 60.7 Å². The molecule has 0 atom stereocenters. The lowest BCUT2D eigenvalue weighted by molar-refractivity contribution is -0.146. The highest BCUT2D eigenvalue weighted by molar-refractivity contribution is 7.99. The second kappa shape index (κ2) is 11.2. The van der Waals surface area contributed by atoms with Gasteiger partial charge >= 0.3 is 5.97 Å². The Balaban J connectivity index is 1.79. The number of esters is 1. The largest absolute Gasteiger partial charge is 0.466 e. The van der Waals surface area contributed by atoms with Gasteiger partial charge in [-0.3, -0.25) is 4.79 Å². The first-order valence-corrected chi connectivity index (χ1v) is 10.5. The molecule has 24 heavy (non-hydrogen) atoms. The van der Waals surface area contributed by atoms with Crippen molar-refractivity contribution in [2.24, 2.45) is 5.92 Å². The minimum atomic E-state index is -0.0707. The first-order valence-electron chi connectivity index (χ1n) is 8.19. The van der Waals surface area contributed by atoms with Crippen LogP contribution in [0.3, 0.4) is 0 Å². The fourth-order valence-corrected chi connectivity index (χ4v) is 4.55. The van der Waals surface area contributed by atoms with Gasteiger partial charge in [0.1, 0.15) is 0 Å². The molecule has 4 heteroatoms. The van der Waals surface area contributed by atoms with Crippen LogP contribution >= 0.6 is 23.5 Å². The van der Waals surface area contributed by atoms with E-state index in [0.29, 0.717) is 6.61 Å². The Morgan fingerprint density at radius 1 is 0.875 bits per heavy atom. The maximum absolute atomic E-state index is 12.2. The SMILES string of the molecule is CCOC(=O)C(CSCc1ccccc1)CSCc1ccccc1. The molecule has 0 N–H and O–H groups in total. The molecule has 0 aliphatic heterocycles. The molecule has 0 radical (unpaired) electrons. The van der Waals surface area contributed by atoms with E-state index in [9.17, 15) is 4.79 Å². The lowest BCUT2D eigenvalue weighted by Crippen LogP contribution is -2.22. The van der Waals surface area contributed by atoms with Crippen molar-refractivity contribution >= 4 is 29.5 Å². The van der Waals surface area contributed by atoms with Gasteiger partial charge in [0.15, 0.2) is 0 Å². The number of rotatable bonds is 10. The highest BCUT2D eigenvalue weighted by Gasteiger charge is 2.19. The Kier molecular flexibility index (Phi) is 8.85. The molecule has 0 bridgehead atoms. The number of hydrogen-bond donors (Lipinski definition) is 0. The van der Waals surface area contributed by atoms with E-state index in [4.69, 9.17) is 4.74 Å². The van der Waals surface area contributed by atoms with Gasteiger partial charge in [0.2, 0.25) is 0 Å². The van der Waals surface area contributed by atoms with E-state index in [2.05, 4.69) is 48.5 Å². The first-order chi connectivity index (χ1) is 11.8. The monoisotopic (exact) mass is 360 g/mol. The highest BCUT2D eigenvalue weighted by Crippen LogP contribution is 2.22. The number of carbonyl (C=O) groups is 1. The molecule has 0 amide bonds. The number of thioether (sulfide) groups is 2. The van der Waals surface area contributed by atoms with Crippen LogP contribution in [0.5, 0.6) is 0 Å². The van der Waals surface area contributed by atoms with Crippen LogP contribution in [0.15, 0.2) is 60.7 Å². The van der Waals surface area contributed by atoms with Crippen LogP contribution in [-0.2, 0) is 21.0 Å². The van der Waals surface area contributed by atoms with E-state index < -0.39 is 0 Å². The molecule has 2 aromatic rings. The number of carbonyl (C=O) groups excluding carboxylic acids is 1. The average molecular weight is 361 g/mol. The molecular formula is C20H24O2S2. The number of hydrogen-bond acceptors (Lipinski definition) is 4. The molecular weight excluding hydrogens is 336 g/mol. The molecule has 128 valence electrons. The smallest absolute Gasteiger partial charge is 0.310 e. The van der Waals surface area contributed by atoms with E-state index in [1.165, 1.54) is 11.1 Å². The van der Waals surface area contributed by atoms with Crippen LogP contribution in [0.25, 0.3) is 0 Å². The van der Waals surface area contributed by atoms with Crippen molar-refractivity contribution in [2.45, 2.75) is 18.4 Å². The van der Waals surface area contributed by atoms with E-state index >= 15 is 0 Å². The third kappa shape index (κ3) is 7.02. The summed E-state index contributed by atoms with van der Waals surface area (Å²) in [6.07, 6.45) is 0. The predicted octanol–water partition coefficient (Wildman–Crippen LogP) is 5.03.